The average molecular weight is 294 g/mol. The highest BCUT2D eigenvalue weighted by atomic mass is 16.5. The second-order valence-electron chi connectivity index (χ2n) is 5.90. The lowest BCUT2D eigenvalue weighted by molar-refractivity contribution is -0.0327. The fraction of sp³-hybridized carbons (Fsp3) is 0.733. The minimum Gasteiger partial charge on any atom is -0.368 e. The summed E-state index contributed by atoms with van der Waals surface area (Å²) in [7, 11) is 0. The highest BCUT2D eigenvalue weighted by Gasteiger charge is 2.23. The van der Waals surface area contributed by atoms with E-state index in [1.54, 1.807) is 6.07 Å². The predicted octanol–water partition coefficient (Wildman–Crippen LogP) is 0.909. The SMILES string of the molecule is CCN1CCOC(c2nc(CNCC(C)C)cc(=O)[nH]2)C1. The van der Waals surface area contributed by atoms with Gasteiger partial charge in [0.25, 0.3) is 5.56 Å². The topological polar surface area (TPSA) is 70.2 Å². The van der Waals surface area contributed by atoms with Gasteiger partial charge in [-0.1, -0.05) is 20.8 Å². The van der Waals surface area contributed by atoms with Gasteiger partial charge in [-0.15, -0.1) is 0 Å². The molecule has 0 bridgehead atoms. The van der Waals surface area contributed by atoms with Gasteiger partial charge in [0.05, 0.1) is 12.3 Å². The van der Waals surface area contributed by atoms with Gasteiger partial charge in [-0.25, -0.2) is 4.98 Å². The van der Waals surface area contributed by atoms with Crippen LogP contribution in [0.3, 0.4) is 0 Å². The van der Waals surface area contributed by atoms with Crippen LogP contribution < -0.4 is 10.9 Å². The third kappa shape index (κ3) is 4.91. The van der Waals surface area contributed by atoms with Crippen LogP contribution in [0.2, 0.25) is 0 Å². The summed E-state index contributed by atoms with van der Waals surface area (Å²) in [6.45, 7) is 11.3. The Kier molecular flexibility index (Phi) is 5.90. The fourth-order valence-electron chi connectivity index (χ4n) is 2.42. The van der Waals surface area contributed by atoms with E-state index in [4.69, 9.17) is 4.74 Å². The molecular weight excluding hydrogens is 268 g/mol. The van der Waals surface area contributed by atoms with Crippen LogP contribution in [0.1, 0.15) is 38.4 Å². The molecule has 0 spiro atoms. The molecule has 6 nitrogen and oxygen atoms in total. The number of aromatic nitrogens is 2. The normalized spacial score (nSPS) is 20.1. The molecule has 6 heteroatoms. The number of rotatable bonds is 6. The van der Waals surface area contributed by atoms with Crippen molar-refractivity contribution in [3.05, 3.63) is 27.9 Å². The van der Waals surface area contributed by atoms with Crippen molar-refractivity contribution in [1.82, 2.24) is 20.2 Å². The van der Waals surface area contributed by atoms with E-state index in [9.17, 15) is 4.79 Å². The summed E-state index contributed by atoms with van der Waals surface area (Å²) >= 11 is 0. The summed E-state index contributed by atoms with van der Waals surface area (Å²) in [4.78, 5) is 21.5. The van der Waals surface area contributed by atoms with Crippen LogP contribution in [0.5, 0.6) is 0 Å². The maximum atomic E-state index is 11.8. The second kappa shape index (κ2) is 7.68. The molecule has 1 saturated heterocycles. The zero-order valence-corrected chi connectivity index (χ0v) is 13.2. The summed E-state index contributed by atoms with van der Waals surface area (Å²) in [6.07, 6.45) is -0.142. The minimum atomic E-state index is -0.142. The monoisotopic (exact) mass is 294 g/mol. The Hall–Kier alpha value is -1.24. The van der Waals surface area contributed by atoms with Gasteiger partial charge in [0.2, 0.25) is 0 Å². The lowest BCUT2D eigenvalue weighted by Gasteiger charge is -2.31. The van der Waals surface area contributed by atoms with E-state index in [0.29, 0.717) is 24.9 Å². The van der Waals surface area contributed by atoms with Crippen molar-refractivity contribution in [2.75, 3.05) is 32.8 Å². The smallest absolute Gasteiger partial charge is 0.251 e. The largest absolute Gasteiger partial charge is 0.368 e. The van der Waals surface area contributed by atoms with Crippen LogP contribution >= 0.6 is 0 Å². The molecule has 1 atom stereocenters. The van der Waals surface area contributed by atoms with Gasteiger partial charge < -0.3 is 15.0 Å². The fourth-order valence-corrected chi connectivity index (χ4v) is 2.42. The highest BCUT2D eigenvalue weighted by Crippen LogP contribution is 2.18. The number of likely N-dealkylation sites (N-methyl/N-ethyl adjacent to an activating group) is 1. The summed E-state index contributed by atoms with van der Waals surface area (Å²) in [6, 6.07) is 1.55. The first-order chi connectivity index (χ1) is 10.1. The van der Waals surface area contributed by atoms with E-state index in [-0.39, 0.29) is 11.7 Å². The van der Waals surface area contributed by atoms with E-state index in [2.05, 4.69) is 41.0 Å². The van der Waals surface area contributed by atoms with Crippen LogP contribution in [0.15, 0.2) is 10.9 Å². The lowest BCUT2D eigenvalue weighted by Crippen LogP contribution is -2.39. The van der Waals surface area contributed by atoms with Gasteiger partial charge in [-0.05, 0) is 19.0 Å². The van der Waals surface area contributed by atoms with Crippen molar-refractivity contribution in [1.29, 1.82) is 0 Å². The molecule has 0 aromatic carbocycles. The molecule has 1 aliphatic heterocycles. The Bertz CT molecular complexity index is 501. The molecule has 0 amide bonds. The second-order valence-corrected chi connectivity index (χ2v) is 5.90. The molecule has 0 radical (unpaired) electrons. The minimum absolute atomic E-state index is 0.112. The zero-order chi connectivity index (χ0) is 15.2. The van der Waals surface area contributed by atoms with Gasteiger partial charge in [-0.2, -0.15) is 0 Å². The van der Waals surface area contributed by atoms with Crippen molar-refractivity contribution in [2.24, 2.45) is 5.92 Å². The Morgan fingerprint density at radius 1 is 1.57 bits per heavy atom. The van der Waals surface area contributed by atoms with Gasteiger partial charge in [0.15, 0.2) is 0 Å². The van der Waals surface area contributed by atoms with E-state index < -0.39 is 0 Å². The van der Waals surface area contributed by atoms with Crippen molar-refractivity contribution in [3.63, 3.8) is 0 Å². The summed E-state index contributed by atoms with van der Waals surface area (Å²) < 4.78 is 5.75. The molecule has 2 heterocycles. The number of nitrogens with zero attached hydrogens (tertiary/aromatic N) is 2. The molecule has 21 heavy (non-hydrogen) atoms. The molecule has 1 aromatic heterocycles. The molecule has 118 valence electrons. The highest BCUT2D eigenvalue weighted by molar-refractivity contribution is 5.05. The van der Waals surface area contributed by atoms with Crippen molar-refractivity contribution >= 4 is 0 Å². The first kappa shape index (κ1) is 16.1. The van der Waals surface area contributed by atoms with Crippen molar-refractivity contribution < 1.29 is 4.74 Å². The van der Waals surface area contributed by atoms with Crippen LogP contribution in [0.25, 0.3) is 0 Å². The van der Waals surface area contributed by atoms with Gasteiger partial charge >= 0.3 is 0 Å². The van der Waals surface area contributed by atoms with Gasteiger partial charge in [-0.3, -0.25) is 9.69 Å². The van der Waals surface area contributed by atoms with Crippen LogP contribution in [-0.2, 0) is 11.3 Å². The molecule has 1 unspecified atom stereocenters. The van der Waals surface area contributed by atoms with E-state index in [1.165, 1.54) is 0 Å². The predicted molar refractivity (Wildman–Crippen MR) is 82.2 cm³/mol. The van der Waals surface area contributed by atoms with E-state index in [0.717, 1.165) is 31.9 Å². The van der Waals surface area contributed by atoms with E-state index >= 15 is 0 Å². The van der Waals surface area contributed by atoms with E-state index in [1.807, 2.05) is 0 Å². The van der Waals surface area contributed by atoms with Crippen LogP contribution in [-0.4, -0.2) is 47.7 Å². The number of ether oxygens (including phenoxy) is 1. The number of nitrogens with one attached hydrogen (secondary N) is 2. The molecule has 2 N–H and O–H groups in total. The Labute approximate surface area is 125 Å². The van der Waals surface area contributed by atoms with Crippen molar-refractivity contribution in [2.45, 2.75) is 33.4 Å². The first-order valence-electron chi connectivity index (χ1n) is 7.73. The molecule has 0 saturated carbocycles. The standard InChI is InChI=1S/C15H26N4O2/c1-4-19-5-6-21-13(10-19)15-17-12(7-14(20)18-15)9-16-8-11(2)3/h7,11,13,16H,4-6,8-10H2,1-3H3,(H,17,18,20). The van der Waals surface area contributed by atoms with Gasteiger partial charge in [0, 0.05) is 25.7 Å². The number of hydrogen-bond acceptors (Lipinski definition) is 5. The lowest BCUT2D eigenvalue weighted by atomic mass is 10.2. The molecule has 2 rings (SSSR count). The third-order valence-corrected chi connectivity index (χ3v) is 3.57. The molecular formula is C15H26N4O2. The Morgan fingerprint density at radius 3 is 3.10 bits per heavy atom. The molecule has 1 aromatic rings. The number of hydrogen-bond donors (Lipinski definition) is 2. The quantitative estimate of drug-likeness (QED) is 0.816. The summed E-state index contributed by atoms with van der Waals surface area (Å²) in [5, 5.41) is 3.31. The molecule has 0 aliphatic carbocycles. The van der Waals surface area contributed by atoms with Gasteiger partial charge in [0.1, 0.15) is 11.9 Å². The Morgan fingerprint density at radius 2 is 2.38 bits per heavy atom. The number of aromatic amines is 1. The number of H-pyrrole nitrogens is 1. The van der Waals surface area contributed by atoms with Crippen molar-refractivity contribution in [3.8, 4) is 0 Å². The molecule has 1 aliphatic rings. The van der Waals surface area contributed by atoms with Crippen LogP contribution in [0.4, 0.5) is 0 Å². The zero-order valence-electron chi connectivity index (χ0n) is 13.2. The average Bonchev–Trinajstić information content (AvgIpc) is 2.46. The number of morpholine rings is 1. The maximum Gasteiger partial charge on any atom is 0.251 e. The first-order valence-corrected chi connectivity index (χ1v) is 7.73. The Balaban J connectivity index is 2.05. The third-order valence-electron chi connectivity index (χ3n) is 3.57. The molecule has 1 fully saturated rings. The summed E-state index contributed by atoms with van der Waals surface area (Å²) in [5.74, 6) is 1.22. The summed E-state index contributed by atoms with van der Waals surface area (Å²) in [5.41, 5.74) is 0.658. The maximum absolute atomic E-state index is 11.8. The van der Waals surface area contributed by atoms with Crippen LogP contribution in [0, 0.1) is 5.92 Å².